The van der Waals surface area contributed by atoms with Crippen LogP contribution in [0.3, 0.4) is 0 Å². The number of hydrogen-bond acceptors (Lipinski definition) is 3. The van der Waals surface area contributed by atoms with Gasteiger partial charge in [-0.3, -0.25) is 4.90 Å². The van der Waals surface area contributed by atoms with Gasteiger partial charge < -0.3 is 9.47 Å². The fourth-order valence-electron chi connectivity index (χ4n) is 3.93. The van der Waals surface area contributed by atoms with Crippen molar-refractivity contribution in [3.05, 3.63) is 28.7 Å². The molecule has 0 saturated carbocycles. The number of ether oxygens (including phenoxy) is 2. The third-order valence-corrected chi connectivity index (χ3v) is 6.27. The predicted octanol–water partition coefficient (Wildman–Crippen LogP) is 6.06. The molecule has 26 heavy (non-hydrogen) atoms. The zero-order valence-corrected chi connectivity index (χ0v) is 18.8. The van der Waals surface area contributed by atoms with Crippen molar-refractivity contribution in [3.8, 4) is 5.75 Å². The number of piperidine rings is 1. The van der Waals surface area contributed by atoms with Crippen LogP contribution in [0.2, 0.25) is 0 Å². The third kappa shape index (κ3) is 6.54. The minimum absolute atomic E-state index is 0.205. The second-order valence-electron chi connectivity index (χ2n) is 8.80. The van der Waals surface area contributed by atoms with E-state index in [1.165, 1.54) is 12.8 Å². The minimum atomic E-state index is 0.205. The highest BCUT2D eigenvalue weighted by atomic mass is 79.9. The fraction of sp³-hybridized carbons (Fsp3) is 0.727. The molecule has 1 aromatic rings. The minimum Gasteiger partial charge on any atom is -0.494 e. The van der Waals surface area contributed by atoms with Crippen LogP contribution in [0.1, 0.15) is 66.2 Å². The molecule has 0 radical (unpaired) electrons. The maximum Gasteiger partial charge on any atom is 0.119 e. The molecule has 0 atom stereocenters. The summed E-state index contributed by atoms with van der Waals surface area (Å²) in [4.78, 5) is 2.51. The van der Waals surface area contributed by atoms with Crippen LogP contribution >= 0.6 is 15.9 Å². The van der Waals surface area contributed by atoms with E-state index in [0.29, 0.717) is 6.10 Å². The van der Waals surface area contributed by atoms with Crippen molar-refractivity contribution < 1.29 is 9.47 Å². The monoisotopic (exact) mass is 425 g/mol. The fourth-order valence-corrected chi connectivity index (χ4v) is 4.19. The van der Waals surface area contributed by atoms with Crippen LogP contribution in [0.4, 0.5) is 0 Å². The van der Waals surface area contributed by atoms with Gasteiger partial charge in [0, 0.05) is 22.2 Å². The lowest BCUT2D eigenvalue weighted by molar-refractivity contribution is -0.0918. The summed E-state index contributed by atoms with van der Waals surface area (Å²) in [5, 5.41) is 0. The maximum atomic E-state index is 6.23. The highest BCUT2D eigenvalue weighted by molar-refractivity contribution is 9.10. The number of rotatable bonds is 9. The van der Waals surface area contributed by atoms with Crippen molar-refractivity contribution in [2.24, 2.45) is 0 Å². The van der Waals surface area contributed by atoms with E-state index in [9.17, 15) is 0 Å². The van der Waals surface area contributed by atoms with Gasteiger partial charge in [0.1, 0.15) is 5.75 Å². The molecule has 3 nitrogen and oxygen atoms in total. The Hall–Kier alpha value is -0.580. The first kappa shape index (κ1) is 21.7. The number of halogens is 1. The second-order valence-corrected chi connectivity index (χ2v) is 9.72. The molecule has 0 aromatic heterocycles. The molecule has 1 saturated heterocycles. The quantitative estimate of drug-likeness (QED) is 0.448. The van der Waals surface area contributed by atoms with Gasteiger partial charge in [-0.2, -0.15) is 0 Å². The first-order valence-corrected chi connectivity index (χ1v) is 10.7. The van der Waals surface area contributed by atoms with Crippen LogP contribution in [0.5, 0.6) is 5.75 Å². The number of nitrogens with zero attached hydrogens (tertiary/aromatic N) is 1. The number of hydrogen-bond donors (Lipinski definition) is 0. The average Bonchev–Trinajstić information content (AvgIpc) is 2.56. The van der Waals surface area contributed by atoms with Gasteiger partial charge in [-0.25, -0.2) is 0 Å². The van der Waals surface area contributed by atoms with E-state index in [0.717, 1.165) is 49.1 Å². The summed E-state index contributed by atoms with van der Waals surface area (Å²) in [6.45, 7) is 11.0. The third-order valence-electron chi connectivity index (χ3n) is 5.74. The van der Waals surface area contributed by atoms with E-state index >= 15 is 0 Å². The number of benzene rings is 1. The lowest BCUT2D eigenvalue weighted by Gasteiger charge is -2.53. The Morgan fingerprint density at radius 1 is 0.923 bits per heavy atom. The van der Waals surface area contributed by atoms with Crippen LogP contribution in [-0.2, 0) is 4.74 Å². The van der Waals surface area contributed by atoms with Crippen LogP contribution in [0, 0.1) is 0 Å². The van der Waals surface area contributed by atoms with E-state index in [2.05, 4.69) is 55.6 Å². The summed E-state index contributed by atoms with van der Waals surface area (Å²) in [5.74, 6) is 0.948. The van der Waals surface area contributed by atoms with Gasteiger partial charge in [-0.05, 0) is 91.1 Å². The van der Waals surface area contributed by atoms with Gasteiger partial charge in [0.05, 0.1) is 12.7 Å². The molecule has 1 aromatic carbocycles. The predicted molar refractivity (Wildman–Crippen MR) is 113 cm³/mol. The average molecular weight is 426 g/mol. The molecule has 0 amide bonds. The zero-order valence-electron chi connectivity index (χ0n) is 17.2. The van der Waals surface area contributed by atoms with E-state index in [-0.39, 0.29) is 11.1 Å². The summed E-state index contributed by atoms with van der Waals surface area (Å²) < 4.78 is 13.1. The number of unbranched alkanes of at least 4 members (excludes halogenated alkanes) is 3. The summed E-state index contributed by atoms with van der Waals surface area (Å²) >= 11 is 3.44. The Morgan fingerprint density at radius 2 is 1.46 bits per heavy atom. The standard InChI is InChI=1S/C22H36BrNO2/c1-21(2)16-20(17-22(3,4)24(21)5)26-15-9-7-6-8-14-25-19-12-10-18(23)11-13-19/h10-13,20H,6-9,14-17H2,1-5H3. The van der Waals surface area contributed by atoms with Crippen LogP contribution < -0.4 is 4.74 Å². The van der Waals surface area contributed by atoms with Gasteiger partial charge >= 0.3 is 0 Å². The molecule has 0 aliphatic carbocycles. The summed E-state index contributed by atoms with van der Waals surface area (Å²) in [7, 11) is 2.24. The SMILES string of the molecule is CN1C(C)(C)CC(OCCCCCCOc2ccc(Br)cc2)CC1(C)C. The normalized spacial score (nSPS) is 20.2. The number of likely N-dealkylation sites (tertiary alicyclic amines) is 1. The van der Waals surface area contributed by atoms with Crippen LogP contribution in [0.25, 0.3) is 0 Å². The van der Waals surface area contributed by atoms with Gasteiger partial charge in [0.25, 0.3) is 0 Å². The molecule has 1 aliphatic rings. The van der Waals surface area contributed by atoms with Crippen molar-refractivity contribution in [3.63, 3.8) is 0 Å². The van der Waals surface area contributed by atoms with Crippen molar-refractivity contribution in [1.82, 2.24) is 4.90 Å². The summed E-state index contributed by atoms with van der Waals surface area (Å²) in [6, 6.07) is 8.03. The first-order chi connectivity index (χ1) is 12.2. The van der Waals surface area contributed by atoms with Crippen LogP contribution in [0.15, 0.2) is 28.7 Å². The molecule has 148 valence electrons. The maximum absolute atomic E-state index is 6.23. The van der Waals surface area contributed by atoms with Crippen molar-refractivity contribution in [2.45, 2.75) is 83.4 Å². The van der Waals surface area contributed by atoms with Crippen molar-refractivity contribution >= 4 is 15.9 Å². The highest BCUT2D eigenvalue weighted by Crippen LogP contribution is 2.38. The molecule has 0 unspecified atom stereocenters. The molecular formula is C22H36BrNO2. The molecule has 2 rings (SSSR count). The van der Waals surface area contributed by atoms with Crippen molar-refractivity contribution in [1.29, 1.82) is 0 Å². The highest BCUT2D eigenvalue weighted by Gasteiger charge is 2.43. The molecular weight excluding hydrogens is 390 g/mol. The Morgan fingerprint density at radius 3 is 2.04 bits per heavy atom. The van der Waals surface area contributed by atoms with Crippen LogP contribution in [-0.4, -0.2) is 42.3 Å². The van der Waals surface area contributed by atoms with Gasteiger partial charge in [0.15, 0.2) is 0 Å². The Bertz CT molecular complexity index is 524. The molecule has 0 spiro atoms. The second kappa shape index (κ2) is 9.57. The molecule has 1 aliphatic heterocycles. The van der Waals surface area contributed by atoms with Crippen molar-refractivity contribution in [2.75, 3.05) is 20.3 Å². The smallest absolute Gasteiger partial charge is 0.119 e. The summed E-state index contributed by atoms with van der Waals surface area (Å²) in [5.41, 5.74) is 0.410. The van der Waals surface area contributed by atoms with E-state index in [1.807, 2.05) is 24.3 Å². The topological polar surface area (TPSA) is 21.7 Å². The first-order valence-electron chi connectivity index (χ1n) is 9.95. The molecule has 1 fully saturated rings. The summed E-state index contributed by atoms with van der Waals surface area (Å²) in [6.07, 6.45) is 7.28. The largest absolute Gasteiger partial charge is 0.494 e. The lowest BCUT2D eigenvalue weighted by Crippen LogP contribution is -2.60. The Kier molecular flexibility index (Phi) is 7.99. The van der Waals surface area contributed by atoms with Gasteiger partial charge in [-0.1, -0.05) is 22.4 Å². The van der Waals surface area contributed by atoms with Gasteiger partial charge in [-0.15, -0.1) is 0 Å². The molecule has 0 bridgehead atoms. The van der Waals surface area contributed by atoms with Gasteiger partial charge in [0.2, 0.25) is 0 Å². The lowest BCUT2D eigenvalue weighted by atomic mass is 9.79. The molecule has 0 N–H and O–H groups in total. The van der Waals surface area contributed by atoms with E-state index in [1.54, 1.807) is 0 Å². The van der Waals surface area contributed by atoms with E-state index < -0.39 is 0 Å². The molecule has 4 heteroatoms. The zero-order chi connectivity index (χ0) is 19.2. The Balaban J connectivity index is 1.54. The van der Waals surface area contributed by atoms with E-state index in [4.69, 9.17) is 9.47 Å². The Labute approximate surface area is 168 Å². The molecule has 1 heterocycles.